The highest BCUT2D eigenvalue weighted by Gasteiger charge is 2.39. The molecule has 1 aliphatic rings. The Morgan fingerprint density at radius 1 is 1.25 bits per heavy atom. The van der Waals surface area contributed by atoms with E-state index in [2.05, 4.69) is 4.98 Å². The summed E-state index contributed by atoms with van der Waals surface area (Å²) in [6.07, 6.45) is 0.891. The van der Waals surface area contributed by atoms with Gasteiger partial charge < -0.3 is 4.74 Å². The van der Waals surface area contributed by atoms with Crippen molar-refractivity contribution in [1.82, 2.24) is 9.29 Å². The molecule has 0 spiro atoms. The van der Waals surface area contributed by atoms with Gasteiger partial charge in [-0.3, -0.25) is 0 Å². The lowest BCUT2D eigenvalue weighted by atomic mass is 10.2. The minimum atomic E-state index is -4.12. The van der Waals surface area contributed by atoms with E-state index in [9.17, 15) is 17.2 Å². The number of halogens is 2. The third kappa shape index (κ3) is 3.06. The number of ether oxygens (including phenoxy) is 1. The fraction of sp³-hybridized carbons (Fsp3) is 0.200. The first-order valence-corrected chi connectivity index (χ1v) is 8.32. The minimum absolute atomic E-state index is 0.0000317. The van der Waals surface area contributed by atoms with Crippen LogP contribution in [0.4, 0.5) is 8.78 Å². The van der Waals surface area contributed by atoms with Crippen molar-refractivity contribution < 1.29 is 21.9 Å². The van der Waals surface area contributed by atoms with E-state index in [4.69, 9.17) is 10.00 Å². The molecule has 6 nitrogen and oxygen atoms in total. The standard InChI is InChI=1S/C15H11F2N3O3S/c16-11-2-3-13(17)14(5-11)24(21,22)20-8-12(9-20)23-15-4-1-10(6-18)7-19-15/h1-5,7,12H,8-9H2. The molecule has 24 heavy (non-hydrogen) atoms. The molecule has 0 N–H and O–H groups in total. The van der Waals surface area contributed by atoms with Crippen LogP contribution < -0.4 is 4.74 Å². The Morgan fingerprint density at radius 2 is 2.00 bits per heavy atom. The zero-order chi connectivity index (χ0) is 17.3. The molecule has 1 aromatic heterocycles. The fourth-order valence-corrected chi connectivity index (χ4v) is 3.75. The third-order valence-corrected chi connectivity index (χ3v) is 5.33. The monoisotopic (exact) mass is 351 g/mol. The van der Waals surface area contributed by atoms with Crippen LogP contribution in [-0.4, -0.2) is 36.9 Å². The zero-order valence-electron chi connectivity index (χ0n) is 12.2. The second-order valence-corrected chi connectivity index (χ2v) is 7.04. The molecule has 2 heterocycles. The van der Waals surface area contributed by atoms with Crippen molar-refractivity contribution in [1.29, 1.82) is 5.26 Å². The van der Waals surface area contributed by atoms with Crippen molar-refractivity contribution in [2.24, 2.45) is 0 Å². The molecular formula is C15H11F2N3O3S. The number of aromatic nitrogens is 1. The van der Waals surface area contributed by atoms with Crippen LogP contribution in [0.5, 0.6) is 5.88 Å². The molecule has 0 aliphatic carbocycles. The van der Waals surface area contributed by atoms with Gasteiger partial charge in [0.2, 0.25) is 15.9 Å². The Balaban J connectivity index is 1.67. The number of hydrogen-bond donors (Lipinski definition) is 0. The van der Waals surface area contributed by atoms with E-state index in [1.807, 2.05) is 6.07 Å². The highest BCUT2D eigenvalue weighted by atomic mass is 32.2. The quantitative estimate of drug-likeness (QED) is 0.837. The molecule has 1 fully saturated rings. The molecule has 0 atom stereocenters. The third-order valence-electron chi connectivity index (χ3n) is 3.48. The summed E-state index contributed by atoms with van der Waals surface area (Å²) in [5.41, 5.74) is 0.377. The topological polar surface area (TPSA) is 83.3 Å². The zero-order valence-corrected chi connectivity index (χ0v) is 13.0. The summed E-state index contributed by atoms with van der Waals surface area (Å²) in [5, 5.41) is 8.68. The summed E-state index contributed by atoms with van der Waals surface area (Å²) in [5.74, 6) is -1.58. The van der Waals surface area contributed by atoms with Crippen LogP contribution in [0.25, 0.3) is 0 Å². The molecule has 3 rings (SSSR count). The van der Waals surface area contributed by atoms with Crippen molar-refractivity contribution in [3.63, 3.8) is 0 Å². The maximum Gasteiger partial charge on any atom is 0.246 e. The van der Waals surface area contributed by atoms with E-state index in [-0.39, 0.29) is 19.0 Å². The predicted molar refractivity (Wildman–Crippen MR) is 78.5 cm³/mol. The number of rotatable bonds is 4. The van der Waals surface area contributed by atoms with E-state index in [1.54, 1.807) is 0 Å². The average Bonchev–Trinajstić information content (AvgIpc) is 2.53. The predicted octanol–water partition coefficient (Wildman–Crippen LogP) is 1.68. The first-order valence-electron chi connectivity index (χ1n) is 6.88. The maximum atomic E-state index is 13.7. The van der Waals surface area contributed by atoms with Crippen molar-refractivity contribution in [2.75, 3.05) is 13.1 Å². The lowest BCUT2D eigenvalue weighted by Crippen LogP contribution is -2.56. The van der Waals surface area contributed by atoms with Gasteiger partial charge in [-0.1, -0.05) is 0 Å². The lowest BCUT2D eigenvalue weighted by molar-refractivity contribution is 0.0719. The summed E-state index contributed by atoms with van der Waals surface area (Å²) in [6.45, 7) is -0.0000633. The van der Waals surface area contributed by atoms with Crippen LogP contribution >= 0.6 is 0 Å². The van der Waals surface area contributed by atoms with Gasteiger partial charge >= 0.3 is 0 Å². The molecule has 2 aromatic rings. The SMILES string of the molecule is N#Cc1ccc(OC2CN(S(=O)(=O)c3cc(F)ccc3F)C2)nc1. The van der Waals surface area contributed by atoms with E-state index >= 15 is 0 Å². The molecule has 0 saturated carbocycles. The van der Waals surface area contributed by atoms with Crippen molar-refractivity contribution in [3.8, 4) is 11.9 Å². The highest BCUT2D eigenvalue weighted by Crippen LogP contribution is 2.26. The van der Waals surface area contributed by atoms with Crippen LogP contribution in [-0.2, 0) is 10.0 Å². The number of nitriles is 1. The maximum absolute atomic E-state index is 13.7. The highest BCUT2D eigenvalue weighted by molar-refractivity contribution is 7.89. The molecule has 0 unspecified atom stereocenters. The number of nitrogens with zero attached hydrogens (tertiary/aromatic N) is 3. The van der Waals surface area contributed by atoms with Gasteiger partial charge in [0, 0.05) is 12.3 Å². The molecule has 0 amide bonds. The Bertz CT molecular complexity index is 905. The second-order valence-electron chi connectivity index (χ2n) is 5.13. The number of sulfonamides is 1. The number of benzene rings is 1. The summed E-state index contributed by atoms with van der Waals surface area (Å²) >= 11 is 0. The Morgan fingerprint density at radius 3 is 2.62 bits per heavy atom. The van der Waals surface area contributed by atoms with E-state index < -0.39 is 32.7 Å². The Hall–Kier alpha value is -2.57. The summed E-state index contributed by atoms with van der Waals surface area (Å²) in [6, 6.07) is 7.23. The first kappa shape index (κ1) is 16.3. The molecule has 0 bridgehead atoms. The summed E-state index contributed by atoms with van der Waals surface area (Å²) in [7, 11) is -4.12. The smallest absolute Gasteiger partial charge is 0.246 e. The molecule has 0 radical (unpaired) electrons. The van der Waals surface area contributed by atoms with E-state index in [0.29, 0.717) is 11.6 Å². The normalized spacial score (nSPS) is 15.5. The van der Waals surface area contributed by atoms with Crippen LogP contribution in [0.1, 0.15) is 5.56 Å². The lowest BCUT2D eigenvalue weighted by Gasteiger charge is -2.37. The minimum Gasteiger partial charge on any atom is -0.472 e. The van der Waals surface area contributed by atoms with Gasteiger partial charge in [0.15, 0.2) is 0 Å². The Kier molecular flexibility index (Phi) is 4.17. The summed E-state index contributed by atoms with van der Waals surface area (Å²) < 4.78 is 57.9. The molecule has 1 saturated heterocycles. The second kappa shape index (κ2) is 6.14. The first-order chi connectivity index (χ1) is 11.4. The molecule has 124 valence electrons. The van der Waals surface area contributed by atoms with Gasteiger partial charge in [-0.15, -0.1) is 0 Å². The van der Waals surface area contributed by atoms with Gasteiger partial charge in [0.1, 0.15) is 28.7 Å². The van der Waals surface area contributed by atoms with E-state index in [1.165, 1.54) is 18.3 Å². The number of hydrogen-bond acceptors (Lipinski definition) is 5. The van der Waals surface area contributed by atoms with Crippen LogP contribution in [0.2, 0.25) is 0 Å². The van der Waals surface area contributed by atoms with Crippen LogP contribution in [0, 0.1) is 23.0 Å². The van der Waals surface area contributed by atoms with Gasteiger partial charge in [-0.2, -0.15) is 9.57 Å². The van der Waals surface area contributed by atoms with Gasteiger partial charge in [-0.05, 0) is 24.3 Å². The van der Waals surface area contributed by atoms with Gasteiger partial charge in [0.25, 0.3) is 0 Å². The molecule has 9 heteroatoms. The number of pyridine rings is 1. The average molecular weight is 351 g/mol. The van der Waals surface area contributed by atoms with Crippen molar-refractivity contribution >= 4 is 10.0 Å². The van der Waals surface area contributed by atoms with Crippen LogP contribution in [0.3, 0.4) is 0 Å². The Labute approximate surface area is 137 Å². The molecule has 1 aromatic carbocycles. The van der Waals surface area contributed by atoms with Crippen LogP contribution in [0.15, 0.2) is 41.4 Å². The van der Waals surface area contributed by atoms with Crippen molar-refractivity contribution in [2.45, 2.75) is 11.0 Å². The molecule has 1 aliphatic heterocycles. The van der Waals surface area contributed by atoms with Gasteiger partial charge in [0.05, 0.1) is 18.7 Å². The van der Waals surface area contributed by atoms with Gasteiger partial charge in [-0.25, -0.2) is 22.2 Å². The largest absolute Gasteiger partial charge is 0.472 e. The summed E-state index contributed by atoms with van der Waals surface area (Å²) in [4.78, 5) is 3.22. The van der Waals surface area contributed by atoms with Crippen molar-refractivity contribution in [3.05, 3.63) is 53.7 Å². The molecular weight excluding hydrogens is 340 g/mol. The van der Waals surface area contributed by atoms with E-state index in [0.717, 1.165) is 16.4 Å². The fourth-order valence-electron chi connectivity index (χ4n) is 2.17.